The molecular weight excluding hydrogens is 332 g/mol. The molecule has 0 saturated carbocycles. The van der Waals surface area contributed by atoms with Gasteiger partial charge in [-0.1, -0.05) is 20.8 Å². The Labute approximate surface area is 126 Å². The number of halogens is 3. The Morgan fingerprint density at radius 3 is 2.53 bits per heavy atom. The molecule has 0 bridgehead atoms. The monoisotopic (exact) mass is 351 g/mol. The molecule has 1 aromatic rings. The van der Waals surface area contributed by atoms with Gasteiger partial charge in [0.2, 0.25) is 0 Å². The van der Waals surface area contributed by atoms with Crippen molar-refractivity contribution in [2.45, 2.75) is 26.8 Å². The number of thioether (sulfide) groups is 1. The number of hydrogen-bond acceptors (Lipinski definition) is 2. The first-order valence-electron chi connectivity index (χ1n) is 6.41. The largest absolute Gasteiger partial charge is 0.309 e. The van der Waals surface area contributed by atoms with Gasteiger partial charge in [-0.2, -0.15) is 11.8 Å². The van der Waals surface area contributed by atoms with Crippen LogP contribution in [0.25, 0.3) is 0 Å². The van der Waals surface area contributed by atoms with E-state index in [1.165, 1.54) is 12.1 Å². The van der Waals surface area contributed by atoms with Crippen LogP contribution in [0.3, 0.4) is 0 Å². The van der Waals surface area contributed by atoms with Gasteiger partial charge in [-0.05, 0) is 46.3 Å². The summed E-state index contributed by atoms with van der Waals surface area (Å²) >= 11 is 4.83. The highest BCUT2D eigenvalue weighted by molar-refractivity contribution is 9.10. The third-order valence-corrected chi connectivity index (χ3v) is 4.70. The van der Waals surface area contributed by atoms with E-state index >= 15 is 0 Å². The van der Waals surface area contributed by atoms with Gasteiger partial charge in [-0.15, -0.1) is 0 Å². The average Bonchev–Trinajstić information content (AvgIpc) is 2.34. The van der Waals surface area contributed by atoms with Crippen molar-refractivity contribution in [2.75, 3.05) is 18.1 Å². The summed E-state index contributed by atoms with van der Waals surface area (Å²) in [6.07, 6.45) is 0. The van der Waals surface area contributed by atoms with Crippen LogP contribution in [-0.4, -0.2) is 18.1 Å². The molecule has 0 aliphatic carbocycles. The van der Waals surface area contributed by atoms with Crippen LogP contribution in [0.1, 0.15) is 32.4 Å². The lowest BCUT2D eigenvalue weighted by Crippen LogP contribution is -2.25. The zero-order chi connectivity index (χ0) is 14.4. The van der Waals surface area contributed by atoms with Crippen molar-refractivity contribution in [1.82, 2.24) is 5.32 Å². The van der Waals surface area contributed by atoms with E-state index in [1.54, 1.807) is 11.8 Å². The lowest BCUT2D eigenvalue weighted by Gasteiger charge is -2.20. The third-order valence-electron chi connectivity index (χ3n) is 2.61. The summed E-state index contributed by atoms with van der Waals surface area (Å²) in [5, 5.41) is 3.16. The van der Waals surface area contributed by atoms with Crippen LogP contribution in [0, 0.1) is 17.6 Å². The van der Waals surface area contributed by atoms with Crippen molar-refractivity contribution < 1.29 is 8.78 Å². The molecule has 0 aliphatic heterocycles. The number of rotatable bonds is 7. The summed E-state index contributed by atoms with van der Waals surface area (Å²) in [4.78, 5) is 0. The molecule has 0 spiro atoms. The highest BCUT2D eigenvalue weighted by Crippen LogP contribution is 2.29. The minimum atomic E-state index is -0.504. The van der Waals surface area contributed by atoms with Crippen molar-refractivity contribution >= 4 is 27.7 Å². The molecule has 5 heteroatoms. The van der Waals surface area contributed by atoms with Gasteiger partial charge >= 0.3 is 0 Å². The quantitative estimate of drug-likeness (QED) is 0.710. The second kappa shape index (κ2) is 8.22. The molecule has 19 heavy (non-hydrogen) atoms. The average molecular weight is 352 g/mol. The van der Waals surface area contributed by atoms with E-state index < -0.39 is 11.6 Å². The minimum Gasteiger partial charge on any atom is -0.309 e. The van der Waals surface area contributed by atoms with Gasteiger partial charge in [0.15, 0.2) is 0 Å². The first-order valence-corrected chi connectivity index (χ1v) is 8.36. The minimum absolute atomic E-state index is 0.132. The van der Waals surface area contributed by atoms with E-state index in [-0.39, 0.29) is 11.6 Å². The Kier molecular flexibility index (Phi) is 7.32. The van der Waals surface area contributed by atoms with Crippen LogP contribution in [0.4, 0.5) is 8.78 Å². The van der Waals surface area contributed by atoms with Gasteiger partial charge in [0, 0.05) is 17.4 Å². The SMILES string of the molecule is CCNC(CSCC(C)C)c1c(F)ccc(Br)c1F. The van der Waals surface area contributed by atoms with Gasteiger partial charge in [0.25, 0.3) is 0 Å². The molecule has 1 unspecified atom stereocenters. The molecule has 0 heterocycles. The summed E-state index contributed by atoms with van der Waals surface area (Å²) in [5.41, 5.74) is 0.132. The molecule has 1 N–H and O–H groups in total. The lowest BCUT2D eigenvalue weighted by molar-refractivity contribution is 0.497. The van der Waals surface area contributed by atoms with Gasteiger partial charge in [-0.3, -0.25) is 0 Å². The van der Waals surface area contributed by atoms with Gasteiger partial charge in [0.05, 0.1) is 4.47 Å². The van der Waals surface area contributed by atoms with Crippen LogP contribution >= 0.6 is 27.7 Å². The molecule has 0 aliphatic rings. The van der Waals surface area contributed by atoms with E-state index in [4.69, 9.17) is 0 Å². The van der Waals surface area contributed by atoms with Crippen molar-refractivity contribution in [2.24, 2.45) is 5.92 Å². The van der Waals surface area contributed by atoms with Crippen molar-refractivity contribution in [3.8, 4) is 0 Å². The summed E-state index contributed by atoms with van der Waals surface area (Å²) in [5.74, 6) is 1.23. The Hall–Kier alpha value is -0.130. The molecule has 1 rings (SSSR count). The zero-order valence-corrected chi connectivity index (χ0v) is 13.9. The molecule has 0 saturated heterocycles. The van der Waals surface area contributed by atoms with Crippen LogP contribution in [0.15, 0.2) is 16.6 Å². The summed E-state index contributed by atoms with van der Waals surface area (Å²) < 4.78 is 28.3. The summed E-state index contributed by atoms with van der Waals surface area (Å²) in [6.45, 7) is 6.89. The van der Waals surface area contributed by atoms with E-state index in [9.17, 15) is 8.78 Å². The molecule has 0 amide bonds. The van der Waals surface area contributed by atoms with Crippen LogP contribution < -0.4 is 5.32 Å². The molecule has 108 valence electrons. The highest BCUT2D eigenvalue weighted by atomic mass is 79.9. The van der Waals surface area contributed by atoms with Crippen LogP contribution in [0.2, 0.25) is 0 Å². The topological polar surface area (TPSA) is 12.0 Å². The van der Waals surface area contributed by atoms with Gasteiger partial charge in [-0.25, -0.2) is 8.78 Å². The Morgan fingerprint density at radius 2 is 1.95 bits per heavy atom. The molecule has 1 nitrogen and oxygen atoms in total. The van der Waals surface area contributed by atoms with Crippen molar-refractivity contribution in [3.63, 3.8) is 0 Å². The summed E-state index contributed by atoms with van der Waals surface area (Å²) in [7, 11) is 0. The first-order chi connectivity index (χ1) is 8.97. The van der Waals surface area contributed by atoms with Gasteiger partial charge in [0.1, 0.15) is 11.6 Å². The molecule has 0 aromatic heterocycles. The fraction of sp³-hybridized carbons (Fsp3) is 0.571. The normalized spacial score (nSPS) is 13.0. The summed E-state index contributed by atoms with van der Waals surface area (Å²) in [6, 6.07) is 2.41. The smallest absolute Gasteiger partial charge is 0.145 e. The van der Waals surface area contributed by atoms with E-state index in [0.29, 0.717) is 22.7 Å². The molecule has 0 fully saturated rings. The van der Waals surface area contributed by atoms with Crippen LogP contribution in [0.5, 0.6) is 0 Å². The molecule has 0 radical (unpaired) electrons. The van der Waals surface area contributed by atoms with Crippen LogP contribution in [-0.2, 0) is 0 Å². The standard InChI is InChI=1S/C14H20BrF2NS/c1-4-18-12(8-19-7-9(2)3)13-11(16)6-5-10(15)14(13)17/h5-6,9,12,18H,4,7-8H2,1-3H3. The van der Waals surface area contributed by atoms with E-state index in [1.807, 2.05) is 6.92 Å². The maximum atomic E-state index is 14.1. The predicted molar refractivity (Wildman–Crippen MR) is 82.6 cm³/mol. The fourth-order valence-corrected chi connectivity index (χ4v) is 3.25. The second-order valence-electron chi connectivity index (χ2n) is 4.80. The molecule has 1 atom stereocenters. The third kappa shape index (κ3) is 5.04. The van der Waals surface area contributed by atoms with Gasteiger partial charge < -0.3 is 5.32 Å². The van der Waals surface area contributed by atoms with E-state index in [0.717, 1.165) is 5.75 Å². The van der Waals surface area contributed by atoms with E-state index in [2.05, 4.69) is 35.1 Å². The fourth-order valence-electron chi connectivity index (χ4n) is 1.77. The lowest BCUT2D eigenvalue weighted by atomic mass is 10.1. The predicted octanol–water partition coefficient (Wildman–Crippen LogP) is 4.77. The zero-order valence-electron chi connectivity index (χ0n) is 11.5. The highest BCUT2D eigenvalue weighted by Gasteiger charge is 2.21. The number of nitrogens with one attached hydrogen (secondary N) is 1. The second-order valence-corrected chi connectivity index (χ2v) is 6.73. The number of benzene rings is 1. The number of hydrogen-bond donors (Lipinski definition) is 1. The van der Waals surface area contributed by atoms with Crippen molar-refractivity contribution in [3.05, 3.63) is 33.8 Å². The van der Waals surface area contributed by atoms with Crippen molar-refractivity contribution in [1.29, 1.82) is 0 Å². The maximum absolute atomic E-state index is 14.1. The Morgan fingerprint density at radius 1 is 1.26 bits per heavy atom. The first kappa shape index (κ1) is 16.9. The maximum Gasteiger partial charge on any atom is 0.145 e. The molecule has 1 aromatic carbocycles. The Bertz CT molecular complexity index is 413. The molecular formula is C14H20BrF2NS. The Balaban J connectivity index is 2.89.